The summed E-state index contributed by atoms with van der Waals surface area (Å²) >= 11 is 0. The van der Waals surface area contributed by atoms with Gasteiger partial charge in [0.2, 0.25) is 0 Å². The Labute approximate surface area is 179 Å². The Morgan fingerprint density at radius 2 is 1.74 bits per heavy atom. The Morgan fingerprint density at radius 3 is 2.52 bits per heavy atom. The summed E-state index contributed by atoms with van der Waals surface area (Å²) in [4.78, 5) is 25.7. The standard InChI is InChI=1S/C24H25N3O4/c1-30-15-14-27-16-20(17-6-3-4-7-18(17)24(27)29)23(28)25-11-13-26-12-10-19-21(26)8-5-9-22(19)31-2/h3-10,12,16H,11,13-15H2,1-2H3,(H,25,28). The first-order chi connectivity index (χ1) is 15.1. The third kappa shape index (κ3) is 4.04. The van der Waals surface area contributed by atoms with E-state index in [0.717, 1.165) is 16.7 Å². The Bertz CT molecular complexity index is 1290. The average Bonchev–Trinajstić information content (AvgIpc) is 3.22. The molecule has 160 valence electrons. The zero-order valence-electron chi connectivity index (χ0n) is 17.6. The van der Waals surface area contributed by atoms with E-state index in [0.29, 0.717) is 42.6 Å². The van der Waals surface area contributed by atoms with E-state index in [9.17, 15) is 9.59 Å². The molecular weight excluding hydrogens is 394 g/mol. The quantitative estimate of drug-likeness (QED) is 0.476. The highest BCUT2D eigenvalue weighted by Gasteiger charge is 2.14. The van der Waals surface area contributed by atoms with Gasteiger partial charge in [-0.3, -0.25) is 9.59 Å². The second-order valence-corrected chi connectivity index (χ2v) is 7.24. The molecule has 0 atom stereocenters. The smallest absolute Gasteiger partial charge is 0.258 e. The molecule has 4 aromatic rings. The van der Waals surface area contributed by atoms with Gasteiger partial charge in [-0.1, -0.05) is 24.3 Å². The number of carbonyl (C=O) groups excluding carboxylic acids is 1. The molecule has 4 rings (SSSR count). The first-order valence-corrected chi connectivity index (χ1v) is 10.1. The van der Waals surface area contributed by atoms with Crippen LogP contribution in [0.2, 0.25) is 0 Å². The largest absolute Gasteiger partial charge is 0.496 e. The molecule has 7 heteroatoms. The number of carbonyl (C=O) groups is 1. The predicted octanol–water partition coefficient (Wildman–Crippen LogP) is 3.04. The minimum atomic E-state index is -0.212. The van der Waals surface area contributed by atoms with Crippen LogP contribution < -0.4 is 15.6 Å². The van der Waals surface area contributed by atoms with Crippen LogP contribution in [-0.4, -0.2) is 42.4 Å². The third-order valence-corrected chi connectivity index (χ3v) is 5.41. The number of hydrogen-bond donors (Lipinski definition) is 1. The molecule has 0 spiro atoms. The van der Waals surface area contributed by atoms with Crippen molar-refractivity contribution in [2.75, 3.05) is 27.4 Å². The summed E-state index contributed by atoms with van der Waals surface area (Å²) in [5.41, 5.74) is 1.40. The maximum atomic E-state index is 13.0. The normalized spacial score (nSPS) is 11.2. The minimum Gasteiger partial charge on any atom is -0.496 e. The van der Waals surface area contributed by atoms with Crippen molar-refractivity contribution in [3.63, 3.8) is 0 Å². The van der Waals surface area contributed by atoms with Gasteiger partial charge in [-0.15, -0.1) is 0 Å². The summed E-state index contributed by atoms with van der Waals surface area (Å²) in [7, 11) is 3.24. The van der Waals surface area contributed by atoms with Crippen molar-refractivity contribution in [1.29, 1.82) is 0 Å². The van der Waals surface area contributed by atoms with Crippen LogP contribution in [-0.2, 0) is 17.8 Å². The van der Waals surface area contributed by atoms with Gasteiger partial charge in [0.15, 0.2) is 0 Å². The molecule has 1 N–H and O–H groups in total. The van der Waals surface area contributed by atoms with E-state index in [1.54, 1.807) is 38.6 Å². The lowest BCUT2D eigenvalue weighted by molar-refractivity contribution is 0.0953. The van der Waals surface area contributed by atoms with E-state index in [1.165, 1.54) is 4.57 Å². The SMILES string of the molecule is COCCn1cc(C(=O)NCCn2ccc3c(OC)cccc32)c2ccccc2c1=O. The topological polar surface area (TPSA) is 74.5 Å². The lowest BCUT2D eigenvalue weighted by Crippen LogP contribution is -2.30. The average molecular weight is 419 g/mol. The molecule has 0 aliphatic carbocycles. The van der Waals surface area contributed by atoms with Crippen LogP contribution in [0.4, 0.5) is 0 Å². The number of amides is 1. The van der Waals surface area contributed by atoms with Crippen molar-refractivity contribution in [3.8, 4) is 5.75 Å². The van der Waals surface area contributed by atoms with Gasteiger partial charge in [0.25, 0.3) is 11.5 Å². The molecule has 0 aliphatic rings. The highest BCUT2D eigenvalue weighted by molar-refractivity contribution is 6.06. The summed E-state index contributed by atoms with van der Waals surface area (Å²) in [6.45, 7) is 1.84. The maximum absolute atomic E-state index is 13.0. The molecule has 0 saturated heterocycles. The van der Waals surface area contributed by atoms with Crippen LogP contribution in [0, 0.1) is 0 Å². The molecule has 0 radical (unpaired) electrons. The Morgan fingerprint density at radius 1 is 0.935 bits per heavy atom. The van der Waals surface area contributed by atoms with Crippen LogP contribution in [0.5, 0.6) is 5.75 Å². The van der Waals surface area contributed by atoms with Crippen LogP contribution in [0.3, 0.4) is 0 Å². The van der Waals surface area contributed by atoms with Crippen molar-refractivity contribution in [3.05, 3.63) is 76.8 Å². The fraction of sp³-hybridized carbons (Fsp3) is 0.250. The van der Waals surface area contributed by atoms with Crippen molar-refractivity contribution in [2.24, 2.45) is 0 Å². The van der Waals surface area contributed by atoms with Crippen LogP contribution in [0.1, 0.15) is 10.4 Å². The summed E-state index contributed by atoms with van der Waals surface area (Å²) < 4.78 is 14.1. The summed E-state index contributed by atoms with van der Waals surface area (Å²) in [6.07, 6.45) is 3.61. The van der Waals surface area contributed by atoms with Gasteiger partial charge in [0.1, 0.15) is 5.75 Å². The van der Waals surface area contributed by atoms with Gasteiger partial charge >= 0.3 is 0 Å². The highest BCUT2D eigenvalue weighted by Crippen LogP contribution is 2.26. The van der Waals surface area contributed by atoms with Crippen LogP contribution in [0.15, 0.2) is 65.7 Å². The Hall–Kier alpha value is -3.58. The fourth-order valence-corrected chi connectivity index (χ4v) is 3.83. The van der Waals surface area contributed by atoms with E-state index in [-0.39, 0.29) is 11.5 Å². The highest BCUT2D eigenvalue weighted by atomic mass is 16.5. The monoisotopic (exact) mass is 419 g/mol. The first-order valence-electron chi connectivity index (χ1n) is 10.1. The molecule has 0 unspecified atom stereocenters. The number of nitrogens with one attached hydrogen (secondary N) is 1. The van der Waals surface area contributed by atoms with Crippen molar-refractivity contribution in [2.45, 2.75) is 13.1 Å². The molecular formula is C24H25N3O4. The number of ether oxygens (including phenoxy) is 2. The van der Waals surface area contributed by atoms with Gasteiger partial charge in [-0.25, -0.2) is 0 Å². The van der Waals surface area contributed by atoms with Gasteiger partial charge in [0, 0.05) is 55.3 Å². The lowest BCUT2D eigenvalue weighted by atomic mass is 10.1. The molecule has 31 heavy (non-hydrogen) atoms. The number of hydrogen-bond acceptors (Lipinski definition) is 4. The van der Waals surface area contributed by atoms with Crippen LogP contribution >= 0.6 is 0 Å². The van der Waals surface area contributed by atoms with Crippen LogP contribution in [0.25, 0.3) is 21.7 Å². The van der Waals surface area contributed by atoms with E-state index in [1.807, 2.05) is 36.5 Å². The predicted molar refractivity (Wildman–Crippen MR) is 121 cm³/mol. The number of aromatic nitrogens is 2. The zero-order chi connectivity index (χ0) is 21.8. The Balaban J connectivity index is 1.55. The second-order valence-electron chi connectivity index (χ2n) is 7.24. The lowest BCUT2D eigenvalue weighted by Gasteiger charge is -2.13. The molecule has 2 aromatic carbocycles. The van der Waals surface area contributed by atoms with E-state index >= 15 is 0 Å². The Kier molecular flexibility index (Phi) is 6.04. The number of rotatable bonds is 8. The molecule has 0 bridgehead atoms. The number of nitrogens with zero attached hydrogens (tertiary/aromatic N) is 2. The van der Waals surface area contributed by atoms with E-state index in [4.69, 9.17) is 9.47 Å². The van der Waals surface area contributed by atoms with Crippen molar-refractivity contribution in [1.82, 2.24) is 14.5 Å². The summed E-state index contributed by atoms with van der Waals surface area (Å²) in [5.74, 6) is 0.612. The summed E-state index contributed by atoms with van der Waals surface area (Å²) in [6, 6.07) is 15.1. The van der Waals surface area contributed by atoms with Gasteiger partial charge in [0.05, 0.1) is 24.8 Å². The van der Waals surface area contributed by atoms with Gasteiger partial charge in [-0.2, -0.15) is 0 Å². The van der Waals surface area contributed by atoms with E-state index in [2.05, 4.69) is 9.88 Å². The van der Waals surface area contributed by atoms with Gasteiger partial charge < -0.3 is 23.9 Å². The zero-order valence-corrected chi connectivity index (χ0v) is 17.6. The third-order valence-electron chi connectivity index (χ3n) is 5.41. The number of benzene rings is 2. The maximum Gasteiger partial charge on any atom is 0.258 e. The van der Waals surface area contributed by atoms with Crippen molar-refractivity contribution >= 4 is 27.6 Å². The molecule has 0 aliphatic heterocycles. The first kappa shape index (κ1) is 20.7. The van der Waals surface area contributed by atoms with Crippen molar-refractivity contribution < 1.29 is 14.3 Å². The summed E-state index contributed by atoms with van der Waals surface area (Å²) in [5, 5.41) is 5.19. The number of methoxy groups -OCH3 is 2. The molecule has 1 amide bonds. The molecule has 0 saturated carbocycles. The van der Waals surface area contributed by atoms with E-state index < -0.39 is 0 Å². The second kappa shape index (κ2) is 9.06. The molecule has 2 aromatic heterocycles. The number of fused-ring (bicyclic) bond motifs is 2. The molecule has 7 nitrogen and oxygen atoms in total. The minimum absolute atomic E-state index is 0.128. The molecule has 0 fully saturated rings. The van der Waals surface area contributed by atoms with Gasteiger partial charge in [-0.05, 0) is 24.3 Å². The number of pyridine rings is 1. The fourth-order valence-electron chi connectivity index (χ4n) is 3.83. The molecule has 2 heterocycles.